The van der Waals surface area contributed by atoms with Crippen molar-refractivity contribution in [1.82, 2.24) is 29.1 Å². The van der Waals surface area contributed by atoms with Crippen molar-refractivity contribution in [3.8, 4) is 0 Å². The number of hydrogen-bond donors (Lipinski definition) is 2. The van der Waals surface area contributed by atoms with Gasteiger partial charge in [-0.15, -0.1) is 0 Å². The van der Waals surface area contributed by atoms with Crippen LogP contribution in [0.5, 0.6) is 0 Å². The highest BCUT2D eigenvalue weighted by Gasteiger charge is 2.27. The number of pyridine rings is 1. The molecule has 1 aliphatic rings. The van der Waals surface area contributed by atoms with Crippen molar-refractivity contribution in [2.75, 3.05) is 44.3 Å². The Kier molecular flexibility index (Phi) is 7.08. The summed E-state index contributed by atoms with van der Waals surface area (Å²) in [6.45, 7) is 4.42. The van der Waals surface area contributed by atoms with E-state index in [2.05, 4.69) is 30.2 Å². The van der Waals surface area contributed by atoms with Gasteiger partial charge in [0.25, 0.3) is 0 Å². The third-order valence-electron chi connectivity index (χ3n) is 5.17. The van der Waals surface area contributed by atoms with Crippen molar-refractivity contribution < 1.29 is 8.42 Å². The van der Waals surface area contributed by atoms with Crippen LogP contribution in [0.1, 0.15) is 11.4 Å². The minimum Gasteiger partial charge on any atom is -0.368 e. The molecule has 0 radical (unpaired) electrons. The van der Waals surface area contributed by atoms with E-state index in [1.807, 2.05) is 38.2 Å². The van der Waals surface area contributed by atoms with Crippen LogP contribution in [0.2, 0.25) is 0 Å². The lowest BCUT2D eigenvalue weighted by molar-refractivity contribution is 0.222. The van der Waals surface area contributed by atoms with Gasteiger partial charge in [-0.1, -0.05) is 29.5 Å². The van der Waals surface area contributed by atoms with Crippen LogP contribution in [-0.4, -0.2) is 70.8 Å². The summed E-state index contributed by atoms with van der Waals surface area (Å²) < 4.78 is 27.2. The van der Waals surface area contributed by atoms with Gasteiger partial charge in [0.1, 0.15) is 10.7 Å². The zero-order chi connectivity index (χ0) is 23.4. The second kappa shape index (κ2) is 10.00. The van der Waals surface area contributed by atoms with Gasteiger partial charge in [0, 0.05) is 38.1 Å². The van der Waals surface area contributed by atoms with Gasteiger partial charge >= 0.3 is 0 Å². The summed E-state index contributed by atoms with van der Waals surface area (Å²) in [4.78, 5) is 19.4. The van der Waals surface area contributed by atoms with Gasteiger partial charge in [0.05, 0.1) is 10.8 Å². The lowest BCUT2D eigenvalue weighted by Crippen LogP contribution is -2.47. The van der Waals surface area contributed by atoms with E-state index >= 15 is 0 Å². The Morgan fingerprint density at radius 1 is 1.03 bits per heavy atom. The third-order valence-corrected chi connectivity index (χ3v) is 7.99. The van der Waals surface area contributed by atoms with Crippen LogP contribution in [0.3, 0.4) is 0 Å². The first-order chi connectivity index (χ1) is 15.8. The summed E-state index contributed by atoms with van der Waals surface area (Å²) in [6.07, 6.45) is 1.40. The molecule has 3 heterocycles. The molecular formula is C21H26N8O2S2. The molecule has 1 aromatic carbocycles. The predicted octanol–water partition coefficient (Wildman–Crippen LogP) is 2.13. The molecule has 10 nitrogen and oxygen atoms in total. The van der Waals surface area contributed by atoms with Crippen molar-refractivity contribution in [3.05, 3.63) is 54.0 Å². The average molecular weight is 487 g/mol. The van der Waals surface area contributed by atoms with E-state index in [1.54, 1.807) is 12.1 Å². The molecule has 3 N–H and O–H groups in total. The Balaban J connectivity index is 1.40. The standard InChI is InChI=1S/C21H26N8O2S2/c1-15-3-5-16(6-4-15)24-21-26-18(25-20(22)27-21)14-32-19-8-7-17(13-23-19)33(30,31)29-11-9-28(2)10-12-29/h3-8,13H,9-12,14H2,1-2H3,(H3,22,24,25,26,27). The highest BCUT2D eigenvalue weighted by atomic mass is 32.2. The second-order valence-corrected chi connectivity index (χ2v) is 10.7. The second-order valence-electron chi connectivity index (χ2n) is 7.75. The SMILES string of the molecule is Cc1ccc(Nc2nc(N)nc(CSc3ccc(S(=O)(=O)N4CCN(C)CC4)cn3)n2)cc1. The lowest BCUT2D eigenvalue weighted by atomic mass is 10.2. The molecule has 174 valence electrons. The van der Waals surface area contributed by atoms with Gasteiger partial charge in [-0.3, -0.25) is 0 Å². The Labute approximate surface area is 197 Å². The highest BCUT2D eigenvalue weighted by molar-refractivity contribution is 7.98. The molecule has 0 spiro atoms. The molecule has 0 amide bonds. The summed E-state index contributed by atoms with van der Waals surface area (Å²) >= 11 is 1.39. The van der Waals surface area contributed by atoms with Crippen LogP contribution in [0.4, 0.5) is 17.6 Å². The van der Waals surface area contributed by atoms with Crippen molar-refractivity contribution in [2.45, 2.75) is 22.6 Å². The smallest absolute Gasteiger partial charge is 0.244 e. The van der Waals surface area contributed by atoms with Gasteiger partial charge in [-0.2, -0.15) is 19.3 Å². The molecule has 1 aliphatic heterocycles. The van der Waals surface area contributed by atoms with Crippen molar-refractivity contribution in [3.63, 3.8) is 0 Å². The first kappa shape index (κ1) is 23.4. The number of benzene rings is 1. The number of rotatable bonds is 7. The van der Waals surface area contributed by atoms with Gasteiger partial charge in [0.2, 0.25) is 21.9 Å². The van der Waals surface area contributed by atoms with Crippen LogP contribution in [0, 0.1) is 6.92 Å². The molecule has 12 heteroatoms. The molecule has 0 atom stereocenters. The first-order valence-corrected chi connectivity index (χ1v) is 12.8. The normalized spacial score (nSPS) is 15.5. The zero-order valence-corrected chi connectivity index (χ0v) is 20.1. The number of hydrogen-bond acceptors (Lipinski definition) is 10. The largest absolute Gasteiger partial charge is 0.368 e. The number of anilines is 3. The molecule has 0 saturated carbocycles. The molecule has 3 aromatic rings. The van der Waals surface area contributed by atoms with E-state index in [9.17, 15) is 8.42 Å². The number of nitrogens with two attached hydrogens (primary N) is 1. The average Bonchev–Trinajstić information content (AvgIpc) is 2.79. The van der Waals surface area contributed by atoms with Crippen LogP contribution in [0.15, 0.2) is 52.5 Å². The number of nitrogens with one attached hydrogen (secondary N) is 1. The Morgan fingerprint density at radius 2 is 1.76 bits per heavy atom. The van der Waals surface area contributed by atoms with Crippen LogP contribution >= 0.6 is 11.8 Å². The molecule has 33 heavy (non-hydrogen) atoms. The Hall–Kier alpha value is -2.80. The first-order valence-electron chi connectivity index (χ1n) is 10.4. The summed E-state index contributed by atoms with van der Waals surface area (Å²) in [5, 5.41) is 3.79. The van der Waals surface area contributed by atoms with Gasteiger partial charge < -0.3 is 16.0 Å². The summed E-state index contributed by atoms with van der Waals surface area (Å²) in [6, 6.07) is 11.1. The minimum atomic E-state index is -3.54. The summed E-state index contributed by atoms with van der Waals surface area (Å²) in [5.74, 6) is 1.39. The zero-order valence-electron chi connectivity index (χ0n) is 18.5. The van der Waals surface area contributed by atoms with Gasteiger partial charge in [-0.25, -0.2) is 13.4 Å². The number of likely N-dealkylation sites (N-methyl/N-ethyl adjacent to an activating group) is 1. The van der Waals surface area contributed by atoms with Crippen LogP contribution in [0.25, 0.3) is 0 Å². The van der Waals surface area contributed by atoms with E-state index in [4.69, 9.17) is 5.73 Å². The Morgan fingerprint density at radius 3 is 2.42 bits per heavy atom. The molecule has 4 rings (SSSR count). The molecular weight excluding hydrogens is 460 g/mol. The molecule has 2 aromatic heterocycles. The number of aryl methyl sites for hydroxylation is 1. The predicted molar refractivity (Wildman–Crippen MR) is 129 cm³/mol. The quantitative estimate of drug-likeness (QED) is 0.479. The fourth-order valence-corrected chi connectivity index (χ4v) is 5.31. The van der Waals surface area contributed by atoms with E-state index < -0.39 is 10.0 Å². The highest BCUT2D eigenvalue weighted by Crippen LogP contribution is 2.23. The van der Waals surface area contributed by atoms with Crippen LogP contribution < -0.4 is 11.1 Å². The number of nitrogens with zero attached hydrogens (tertiary/aromatic N) is 6. The molecule has 0 bridgehead atoms. The maximum atomic E-state index is 12.8. The fourth-order valence-electron chi connectivity index (χ4n) is 3.25. The lowest BCUT2D eigenvalue weighted by Gasteiger charge is -2.31. The topological polar surface area (TPSA) is 130 Å². The molecule has 1 fully saturated rings. The summed E-state index contributed by atoms with van der Waals surface area (Å²) in [7, 11) is -1.55. The van der Waals surface area contributed by atoms with Crippen molar-refractivity contribution >= 4 is 39.4 Å². The fraction of sp³-hybridized carbons (Fsp3) is 0.333. The molecule has 0 aliphatic carbocycles. The number of sulfonamides is 1. The number of thioether (sulfide) groups is 1. The molecule has 0 unspecified atom stereocenters. The van der Waals surface area contributed by atoms with E-state index in [0.717, 1.165) is 24.3 Å². The van der Waals surface area contributed by atoms with E-state index in [-0.39, 0.29) is 10.8 Å². The summed E-state index contributed by atoms with van der Waals surface area (Å²) in [5.41, 5.74) is 7.86. The van der Waals surface area contributed by atoms with E-state index in [0.29, 0.717) is 35.6 Å². The minimum absolute atomic E-state index is 0.122. The van der Waals surface area contributed by atoms with Gasteiger partial charge in [0.15, 0.2) is 0 Å². The maximum absolute atomic E-state index is 12.8. The maximum Gasteiger partial charge on any atom is 0.244 e. The van der Waals surface area contributed by atoms with Crippen molar-refractivity contribution in [2.24, 2.45) is 0 Å². The number of aromatic nitrogens is 4. The Bertz CT molecular complexity index is 1200. The monoisotopic (exact) mass is 486 g/mol. The number of piperazine rings is 1. The van der Waals surface area contributed by atoms with Crippen molar-refractivity contribution in [1.29, 1.82) is 0 Å². The van der Waals surface area contributed by atoms with Crippen LogP contribution in [-0.2, 0) is 15.8 Å². The molecule has 1 saturated heterocycles. The van der Waals surface area contributed by atoms with Gasteiger partial charge in [-0.05, 0) is 38.2 Å². The van der Waals surface area contributed by atoms with E-state index in [1.165, 1.54) is 22.3 Å². The third kappa shape index (κ3) is 5.96. The number of nitrogen functional groups attached to an aromatic ring is 1.